The van der Waals surface area contributed by atoms with Crippen LogP contribution in [0, 0.1) is 93.7 Å². The predicted octanol–water partition coefficient (Wildman–Crippen LogP) is 2.84. The molecule has 7 aliphatic rings. The summed E-state index contributed by atoms with van der Waals surface area (Å²) in [6, 6.07) is 5.00. The fourth-order valence-corrected chi connectivity index (χ4v) is 10.0. The third-order valence-electron chi connectivity index (χ3n) is 9.80. The normalized spacial score (nSPS) is 70.3. The first-order chi connectivity index (χ1) is 11.3. The van der Waals surface area contributed by atoms with Crippen molar-refractivity contribution in [1.82, 2.24) is 0 Å². The van der Waals surface area contributed by atoms with Crippen LogP contribution in [-0.4, -0.2) is 12.2 Å². The lowest BCUT2D eigenvalue weighted by molar-refractivity contribution is 0.104. The predicted molar refractivity (Wildman–Crippen MR) is 80.2 cm³/mol. The molecule has 6 aliphatic carbocycles. The maximum Gasteiger partial charge on any atom is 0.0878 e. The van der Waals surface area contributed by atoms with Crippen LogP contribution in [-0.2, 0) is 4.74 Å². The van der Waals surface area contributed by atoms with Crippen LogP contribution < -0.4 is 0 Å². The zero-order chi connectivity index (χ0) is 15.0. The number of epoxide rings is 1. The highest BCUT2D eigenvalue weighted by Gasteiger charge is 2.83. The lowest BCUT2D eigenvalue weighted by Crippen LogP contribution is -2.27. The van der Waals surface area contributed by atoms with E-state index in [0.29, 0.717) is 24.0 Å². The summed E-state index contributed by atoms with van der Waals surface area (Å²) in [4.78, 5) is 0. The quantitative estimate of drug-likeness (QED) is 0.737. The maximum absolute atomic E-state index is 9.32. The van der Waals surface area contributed by atoms with Crippen molar-refractivity contribution in [3.63, 3.8) is 0 Å². The Bertz CT molecular complexity index is 635. The van der Waals surface area contributed by atoms with E-state index in [2.05, 4.69) is 12.1 Å². The van der Waals surface area contributed by atoms with Crippen molar-refractivity contribution in [2.45, 2.75) is 37.9 Å². The van der Waals surface area contributed by atoms with Gasteiger partial charge in [0.2, 0.25) is 0 Å². The summed E-state index contributed by atoms with van der Waals surface area (Å²) in [6.45, 7) is 0. The average molecular weight is 306 g/mol. The molecule has 0 aromatic carbocycles. The summed E-state index contributed by atoms with van der Waals surface area (Å²) in [6.07, 6.45) is 5.28. The van der Waals surface area contributed by atoms with Crippen molar-refractivity contribution in [3.05, 3.63) is 0 Å². The molecule has 0 radical (unpaired) electrons. The van der Waals surface area contributed by atoms with Gasteiger partial charge in [0.05, 0.1) is 24.3 Å². The first kappa shape index (κ1) is 12.3. The molecule has 1 saturated heterocycles. The number of fused-ring (bicyclic) bond motifs is 6. The molecule has 1 heterocycles. The largest absolute Gasteiger partial charge is 0.369 e. The van der Waals surface area contributed by atoms with Gasteiger partial charge in [-0.15, -0.1) is 0 Å². The Balaban J connectivity index is 1.39. The summed E-state index contributed by atoms with van der Waals surface area (Å²) in [5.41, 5.74) is 0. The van der Waals surface area contributed by atoms with E-state index in [1.165, 1.54) is 12.8 Å². The van der Waals surface area contributed by atoms with Gasteiger partial charge in [-0.25, -0.2) is 0 Å². The molecule has 0 bridgehead atoms. The second kappa shape index (κ2) is 3.62. The molecule has 0 aromatic heterocycles. The molecular weight excluding hydrogens is 284 g/mol. The molecule has 7 fully saturated rings. The van der Waals surface area contributed by atoms with Crippen molar-refractivity contribution in [2.24, 2.45) is 71.0 Å². The molecule has 14 atom stereocenters. The number of hydrogen-bond acceptors (Lipinski definition) is 3. The van der Waals surface area contributed by atoms with Crippen LogP contribution in [0.25, 0.3) is 0 Å². The Morgan fingerprint density at radius 1 is 0.652 bits per heavy atom. The van der Waals surface area contributed by atoms with E-state index in [9.17, 15) is 10.5 Å². The van der Waals surface area contributed by atoms with Gasteiger partial charge in [-0.3, -0.25) is 0 Å². The molecule has 0 spiro atoms. The van der Waals surface area contributed by atoms with E-state index in [-0.39, 0.29) is 0 Å². The van der Waals surface area contributed by atoms with Crippen molar-refractivity contribution in [2.75, 3.05) is 0 Å². The zero-order valence-electron chi connectivity index (χ0n) is 13.2. The topological polar surface area (TPSA) is 60.1 Å². The van der Waals surface area contributed by atoms with Crippen LogP contribution in [0.1, 0.15) is 25.7 Å². The van der Waals surface area contributed by atoms with Gasteiger partial charge in [-0.05, 0) is 83.9 Å². The van der Waals surface area contributed by atoms with Gasteiger partial charge >= 0.3 is 0 Å². The van der Waals surface area contributed by atoms with Crippen LogP contribution in [0.3, 0.4) is 0 Å². The van der Waals surface area contributed by atoms with E-state index in [1.807, 2.05) is 0 Å². The molecular formula is C20H22N2O. The summed E-state index contributed by atoms with van der Waals surface area (Å²) >= 11 is 0. The standard InChI is InChI=1S/C20H22N2O/c21-3-1-7-5-9-10-6-8(2-4-22)12-14(10)15-13(9)11(7)17-16(15)18(12)20-19(17)23-20/h7-20H,1-2,5-6H2/t7-,8+,9-,10-,11+,12+,13+,14-,15?,16?,17-,18+,19+,20+/m0/s1. The van der Waals surface area contributed by atoms with Gasteiger partial charge in [0.25, 0.3) is 0 Å². The highest BCUT2D eigenvalue weighted by atomic mass is 16.6. The van der Waals surface area contributed by atoms with Crippen molar-refractivity contribution in [3.8, 4) is 12.1 Å². The molecule has 3 heteroatoms. The number of rotatable bonds is 2. The Kier molecular flexibility index (Phi) is 1.94. The number of hydrogen-bond donors (Lipinski definition) is 0. The Morgan fingerprint density at radius 3 is 1.61 bits per heavy atom. The van der Waals surface area contributed by atoms with Gasteiger partial charge in [-0.2, -0.15) is 10.5 Å². The molecule has 6 saturated carbocycles. The van der Waals surface area contributed by atoms with Crippen LogP contribution in [0.2, 0.25) is 0 Å². The van der Waals surface area contributed by atoms with E-state index >= 15 is 0 Å². The first-order valence-electron chi connectivity index (χ1n) is 9.74. The molecule has 7 rings (SSSR count). The lowest BCUT2D eigenvalue weighted by atomic mass is 9.77. The highest BCUT2D eigenvalue weighted by Crippen LogP contribution is 2.84. The molecule has 2 unspecified atom stereocenters. The maximum atomic E-state index is 9.32. The minimum Gasteiger partial charge on any atom is -0.369 e. The van der Waals surface area contributed by atoms with Gasteiger partial charge in [0.15, 0.2) is 0 Å². The Hall–Kier alpha value is -1.06. The molecule has 118 valence electrons. The molecule has 0 amide bonds. The molecule has 0 N–H and O–H groups in total. The third kappa shape index (κ3) is 1.09. The van der Waals surface area contributed by atoms with Crippen molar-refractivity contribution < 1.29 is 4.74 Å². The zero-order valence-corrected chi connectivity index (χ0v) is 13.2. The SMILES string of the molecule is N#CC[C@H]1C[C@H]2[C@@H]3C[C@@H](CC#N)[C@H]4[C@@H]5C6C([C@H]2[C@@H]1[C@@H]6[C@H]1O[C@@H]15)[C@@H]34. The summed E-state index contributed by atoms with van der Waals surface area (Å²) in [5.74, 6) is 10.0. The first-order valence-corrected chi connectivity index (χ1v) is 9.74. The van der Waals surface area contributed by atoms with Gasteiger partial charge in [0, 0.05) is 12.8 Å². The van der Waals surface area contributed by atoms with Gasteiger partial charge < -0.3 is 4.74 Å². The molecule has 23 heavy (non-hydrogen) atoms. The van der Waals surface area contributed by atoms with Gasteiger partial charge in [0.1, 0.15) is 0 Å². The third-order valence-corrected chi connectivity index (χ3v) is 9.80. The fourth-order valence-electron chi connectivity index (χ4n) is 10.0. The van der Waals surface area contributed by atoms with Crippen LogP contribution >= 0.6 is 0 Å². The number of nitriles is 2. The molecule has 1 aliphatic heterocycles. The van der Waals surface area contributed by atoms with Crippen molar-refractivity contribution >= 4 is 0 Å². The fraction of sp³-hybridized carbons (Fsp3) is 0.900. The second-order valence-electron chi connectivity index (χ2n) is 9.73. The average Bonchev–Trinajstić information content (AvgIpc) is 2.95. The van der Waals surface area contributed by atoms with E-state index in [4.69, 9.17) is 4.74 Å². The lowest BCUT2D eigenvalue weighted by Gasteiger charge is -2.29. The van der Waals surface area contributed by atoms with E-state index in [1.54, 1.807) is 0 Å². The summed E-state index contributed by atoms with van der Waals surface area (Å²) in [7, 11) is 0. The minimum absolute atomic E-state index is 0.545. The Labute approximate surface area is 137 Å². The van der Waals surface area contributed by atoms with Crippen LogP contribution in [0.5, 0.6) is 0 Å². The Morgan fingerprint density at radius 2 is 1.13 bits per heavy atom. The van der Waals surface area contributed by atoms with Crippen LogP contribution in [0.4, 0.5) is 0 Å². The summed E-state index contributed by atoms with van der Waals surface area (Å²) < 4.78 is 6.21. The van der Waals surface area contributed by atoms with Crippen molar-refractivity contribution in [1.29, 1.82) is 10.5 Å². The summed E-state index contributed by atoms with van der Waals surface area (Å²) in [5, 5.41) is 18.6. The van der Waals surface area contributed by atoms with Gasteiger partial charge in [-0.1, -0.05) is 0 Å². The monoisotopic (exact) mass is 306 g/mol. The molecule has 3 nitrogen and oxygen atoms in total. The van der Waals surface area contributed by atoms with E-state index in [0.717, 1.165) is 72.0 Å². The minimum atomic E-state index is 0.545. The van der Waals surface area contributed by atoms with Crippen LogP contribution in [0.15, 0.2) is 0 Å². The number of nitrogens with zero attached hydrogens (tertiary/aromatic N) is 2. The highest BCUT2D eigenvalue weighted by molar-refractivity contribution is 5.30. The van der Waals surface area contributed by atoms with E-state index < -0.39 is 0 Å². The molecule has 0 aromatic rings. The smallest absolute Gasteiger partial charge is 0.0878 e. The number of ether oxygens (including phenoxy) is 1. The second-order valence-corrected chi connectivity index (χ2v) is 9.73.